The summed E-state index contributed by atoms with van der Waals surface area (Å²) in [5.74, 6) is 0.969. The number of methoxy groups -OCH3 is 1. The molecule has 0 atom stereocenters. The van der Waals surface area contributed by atoms with Crippen LogP contribution < -0.4 is 14.8 Å². The molecule has 0 saturated carbocycles. The van der Waals surface area contributed by atoms with Crippen LogP contribution in [0.4, 0.5) is 5.69 Å². The Morgan fingerprint density at radius 3 is 2.55 bits per heavy atom. The van der Waals surface area contributed by atoms with Crippen LogP contribution in [0.2, 0.25) is 5.02 Å². The first-order valence-corrected chi connectivity index (χ1v) is 10.7. The van der Waals surface area contributed by atoms with Gasteiger partial charge in [0.05, 0.1) is 17.7 Å². The van der Waals surface area contributed by atoms with Gasteiger partial charge in [0.15, 0.2) is 16.7 Å². The molecule has 0 bridgehead atoms. The molecule has 5 nitrogen and oxygen atoms in total. The number of benzene rings is 3. The Morgan fingerprint density at radius 1 is 1.03 bits per heavy atom. The molecule has 1 heterocycles. The van der Waals surface area contributed by atoms with Gasteiger partial charge in [-0.15, -0.1) is 0 Å². The smallest absolute Gasteiger partial charge is 0.264 e. The number of rotatable bonds is 6. The first-order valence-electron chi connectivity index (χ1n) is 9.51. The number of para-hydroxylation sites is 1. The molecule has 1 N–H and O–H groups in total. The standard InChI is InChI=1S/C24H19ClN2O3S/c1-29-20-9-5-8-17(22(20)30-15-16-6-3-2-4-7-16)14-21-23(28)27-24(31-21)26-19-12-10-18(25)11-13-19/h2-14H,15H2,1H3,(H,26,27,28)/b21-14-. The Labute approximate surface area is 189 Å². The summed E-state index contributed by atoms with van der Waals surface area (Å²) in [7, 11) is 1.59. The Balaban J connectivity index is 1.58. The van der Waals surface area contributed by atoms with Gasteiger partial charge in [-0.25, -0.2) is 4.99 Å². The summed E-state index contributed by atoms with van der Waals surface area (Å²) in [5.41, 5.74) is 2.50. The number of nitrogens with one attached hydrogen (secondary N) is 1. The molecule has 1 aliphatic heterocycles. The van der Waals surface area contributed by atoms with Crippen molar-refractivity contribution in [1.82, 2.24) is 5.32 Å². The molecule has 0 unspecified atom stereocenters. The molecule has 0 radical (unpaired) electrons. The highest BCUT2D eigenvalue weighted by Gasteiger charge is 2.24. The van der Waals surface area contributed by atoms with Crippen molar-refractivity contribution in [3.05, 3.63) is 93.9 Å². The van der Waals surface area contributed by atoms with Crippen LogP contribution in [0.5, 0.6) is 11.5 Å². The first kappa shape index (κ1) is 21.0. The summed E-state index contributed by atoms with van der Waals surface area (Å²) in [4.78, 5) is 17.5. The molecule has 156 valence electrons. The number of halogens is 1. The molecule has 1 fully saturated rings. The maximum absolute atomic E-state index is 12.5. The third-order valence-corrected chi connectivity index (χ3v) is 5.61. The lowest BCUT2D eigenvalue weighted by atomic mass is 10.1. The van der Waals surface area contributed by atoms with E-state index in [0.717, 1.165) is 11.1 Å². The van der Waals surface area contributed by atoms with Crippen molar-refractivity contribution in [2.75, 3.05) is 7.11 Å². The number of aliphatic imine (C=N–C) groups is 1. The number of carbonyl (C=O) groups excluding carboxylic acids is 1. The molecule has 0 spiro atoms. The quantitative estimate of drug-likeness (QED) is 0.481. The van der Waals surface area contributed by atoms with Crippen molar-refractivity contribution in [2.45, 2.75) is 6.61 Å². The molecule has 1 saturated heterocycles. The lowest BCUT2D eigenvalue weighted by Gasteiger charge is -2.13. The van der Waals surface area contributed by atoms with E-state index in [-0.39, 0.29) is 5.91 Å². The number of ether oxygens (including phenoxy) is 2. The van der Waals surface area contributed by atoms with Crippen molar-refractivity contribution in [2.24, 2.45) is 4.99 Å². The summed E-state index contributed by atoms with van der Waals surface area (Å²) in [5, 5.41) is 3.93. The van der Waals surface area contributed by atoms with E-state index >= 15 is 0 Å². The highest BCUT2D eigenvalue weighted by molar-refractivity contribution is 8.18. The number of amidine groups is 1. The van der Waals surface area contributed by atoms with E-state index in [1.54, 1.807) is 37.5 Å². The number of hydrogen-bond acceptors (Lipinski definition) is 5. The summed E-state index contributed by atoms with van der Waals surface area (Å²) >= 11 is 7.18. The minimum atomic E-state index is -0.213. The van der Waals surface area contributed by atoms with Gasteiger partial charge in [-0.05, 0) is 53.7 Å². The third-order valence-electron chi connectivity index (χ3n) is 4.45. The van der Waals surface area contributed by atoms with E-state index in [1.165, 1.54) is 11.8 Å². The second kappa shape index (κ2) is 9.73. The summed E-state index contributed by atoms with van der Waals surface area (Å²) < 4.78 is 11.6. The van der Waals surface area contributed by atoms with Gasteiger partial charge in [-0.2, -0.15) is 0 Å². The molecule has 3 aromatic carbocycles. The topological polar surface area (TPSA) is 59.9 Å². The maximum Gasteiger partial charge on any atom is 0.264 e. The van der Waals surface area contributed by atoms with Crippen LogP contribution in [0.15, 0.2) is 82.7 Å². The molecule has 0 aliphatic carbocycles. The van der Waals surface area contributed by atoms with Crippen molar-refractivity contribution in [3.63, 3.8) is 0 Å². The van der Waals surface area contributed by atoms with Gasteiger partial charge in [-0.3, -0.25) is 4.79 Å². The predicted molar refractivity (Wildman–Crippen MR) is 126 cm³/mol. The van der Waals surface area contributed by atoms with Crippen LogP contribution >= 0.6 is 23.4 Å². The van der Waals surface area contributed by atoms with E-state index in [4.69, 9.17) is 21.1 Å². The SMILES string of the molecule is COc1cccc(/C=C2\SC(=Nc3ccc(Cl)cc3)NC2=O)c1OCc1ccccc1. The number of amides is 1. The van der Waals surface area contributed by atoms with Gasteiger partial charge in [-0.1, -0.05) is 54.1 Å². The average molecular weight is 451 g/mol. The molecule has 31 heavy (non-hydrogen) atoms. The summed E-state index contributed by atoms with van der Waals surface area (Å²) in [6.07, 6.45) is 1.78. The van der Waals surface area contributed by atoms with Gasteiger partial charge in [0, 0.05) is 10.6 Å². The molecule has 7 heteroatoms. The molecule has 1 amide bonds. The van der Waals surface area contributed by atoms with Gasteiger partial charge < -0.3 is 14.8 Å². The van der Waals surface area contributed by atoms with E-state index < -0.39 is 0 Å². The first-order chi connectivity index (χ1) is 15.1. The highest BCUT2D eigenvalue weighted by atomic mass is 35.5. The van der Waals surface area contributed by atoms with E-state index in [1.807, 2.05) is 48.5 Å². The highest BCUT2D eigenvalue weighted by Crippen LogP contribution is 2.36. The Kier molecular flexibility index (Phi) is 6.60. The Bertz CT molecular complexity index is 1150. The van der Waals surface area contributed by atoms with Crippen molar-refractivity contribution in [1.29, 1.82) is 0 Å². The lowest BCUT2D eigenvalue weighted by Crippen LogP contribution is -2.19. The zero-order valence-electron chi connectivity index (χ0n) is 16.7. The monoisotopic (exact) mass is 450 g/mol. The van der Waals surface area contributed by atoms with E-state index in [2.05, 4.69) is 10.3 Å². The minimum Gasteiger partial charge on any atom is -0.493 e. The van der Waals surface area contributed by atoms with Crippen LogP contribution in [-0.2, 0) is 11.4 Å². The van der Waals surface area contributed by atoms with Crippen molar-refractivity contribution in [3.8, 4) is 11.5 Å². The number of nitrogens with zero attached hydrogens (tertiary/aromatic N) is 1. The van der Waals surface area contributed by atoms with Gasteiger partial charge in [0.2, 0.25) is 0 Å². The predicted octanol–water partition coefficient (Wildman–Crippen LogP) is 5.82. The third kappa shape index (κ3) is 5.29. The lowest BCUT2D eigenvalue weighted by molar-refractivity contribution is -0.115. The fourth-order valence-corrected chi connectivity index (χ4v) is 3.90. The Hall–Kier alpha value is -3.22. The van der Waals surface area contributed by atoms with Crippen LogP contribution in [0.1, 0.15) is 11.1 Å². The van der Waals surface area contributed by atoms with Crippen LogP contribution in [-0.4, -0.2) is 18.2 Å². The number of hydrogen-bond donors (Lipinski definition) is 1. The maximum atomic E-state index is 12.5. The number of thioether (sulfide) groups is 1. The summed E-state index contributed by atoms with van der Waals surface area (Å²) in [6.45, 7) is 0.389. The molecular formula is C24H19ClN2O3S. The van der Waals surface area contributed by atoms with Gasteiger partial charge in [0.25, 0.3) is 5.91 Å². The second-order valence-corrected chi connectivity index (χ2v) is 8.08. The van der Waals surface area contributed by atoms with Crippen LogP contribution in [0.3, 0.4) is 0 Å². The molecule has 0 aromatic heterocycles. The van der Waals surface area contributed by atoms with E-state index in [0.29, 0.717) is 38.9 Å². The van der Waals surface area contributed by atoms with Crippen LogP contribution in [0.25, 0.3) is 6.08 Å². The Morgan fingerprint density at radius 2 is 1.81 bits per heavy atom. The number of carbonyl (C=O) groups is 1. The summed E-state index contributed by atoms with van der Waals surface area (Å²) in [6, 6.07) is 22.6. The van der Waals surface area contributed by atoms with Gasteiger partial charge in [0.1, 0.15) is 6.61 Å². The van der Waals surface area contributed by atoms with Gasteiger partial charge >= 0.3 is 0 Å². The van der Waals surface area contributed by atoms with Crippen LogP contribution in [0, 0.1) is 0 Å². The largest absolute Gasteiger partial charge is 0.493 e. The second-order valence-electron chi connectivity index (χ2n) is 6.61. The molecule has 3 aromatic rings. The normalized spacial score (nSPS) is 15.9. The fourth-order valence-electron chi connectivity index (χ4n) is 2.95. The minimum absolute atomic E-state index is 0.213. The average Bonchev–Trinajstić information content (AvgIpc) is 3.13. The zero-order valence-corrected chi connectivity index (χ0v) is 18.2. The molecule has 4 rings (SSSR count). The zero-order chi connectivity index (χ0) is 21.6. The van der Waals surface area contributed by atoms with Crippen molar-refractivity contribution < 1.29 is 14.3 Å². The van der Waals surface area contributed by atoms with E-state index in [9.17, 15) is 4.79 Å². The van der Waals surface area contributed by atoms with Crippen molar-refractivity contribution >= 4 is 46.2 Å². The fraction of sp³-hybridized carbons (Fsp3) is 0.0833. The molecule has 1 aliphatic rings. The molecular weight excluding hydrogens is 432 g/mol.